The van der Waals surface area contributed by atoms with E-state index in [4.69, 9.17) is 9.56 Å². The summed E-state index contributed by atoms with van der Waals surface area (Å²) in [6.45, 7) is 0. The predicted molar refractivity (Wildman–Crippen MR) is 90.5 cm³/mol. The SMILES string of the molecule is N=S(=O)(c1ccccc1)C12CC(S(=N)(=O)c3ccccc3)(C1)C2. The lowest BCUT2D eigenvalue weighted by atomic mass is 9.54. The van der Waals surface area contributed by atoms with Crippen LogP contribution in [0.3, 0.4) is 0 Å². The van der Waals surface area contributed by atoms with Crippen molar-refractivity contribution in [1.82, 2.24) is 0 Å². The minimum Gasteiger partial charge on any atom is -0.248 e. The molecule has 0 aliphatic heterocycles. The van der Waals surface area contributed by atoms with Crippen LogP contribution in [0.5, 0.6) is 0 Å². The molecule has 6 heteroatoms. The molecule has 2 atom stereocenters. The van der Waals surface area contributed by atoms with Crippen LogP contribution in [0.1, 0.15) is 19.3 Å². The van der Waals surface area contributed by atoms with E-state index in [2.05, 4.69) is 0 Å². The molecule has 3 fully saturated rings. The van der Waals surface area contributed by atoms with Gasteiger partial charge in [-0.1, -0.05) is 36.4 Å². The van der Waals surface area contributed by atoms with E-state index in [1.54, 1.807) is 48.5 Å². The van der Waals surface area contributed by atoms with Gasteiger partial charge in [0.15, 0.2) is 0 Å². The normalized spacial score (nSPS) is 33.6. The standard InChI is InChI=1S/C17H18N2O2S2/c18-22(20,14-7-3-1-4-8-14)16-11-17(12-16,13-16)23(19,21)15-9-5-2-6-10-15/h1-10,18-19H,11-13H2. The van der Waals surface area contributed by atoms with Gasteiger partial charge in [-0.05, 0) is 43.5 Å². The molecular formula is C17H18N2O2S2. The van der Waals surface area contributed by atoms with Crippen LogP contribution in [-0.4, -0.2) is 17.9 Å². The third-order valence-electron chi connectivity index (χ3n) is 5.30. The van der Waals surface area contributed by atoms with E-state index < -0.39 is 29.0 Å². The first-order valence-corrected chi connectivity index (χ1v) is 10.6. The molecule has 120 valence electrons. The van der Waals surface area contributed by atoms with Crippen LogP contribution >= 0.6 is 0 Å². The van der Waals surface area contributed by atoms with Crippen LogP contribution in [0.4, 0.5) is 0 Å². The molecule has 0 heterocycles. The van der Waals surface area contributed by atoms with Gasteiger partial charge in [0.25, 0.3) is 0 Å². The Labute approximate surface area is 136 Å². The number of benzene rings is 2. The Hall–Kier alpha value is -1.66. The first-order valence-electron chi connectivity index (χ1n) is 7.50. The van der Waals surface area contributed by atoms with Crippen molar-refractivity contribution >= 4 is 19.5 Å². The highest BCUT2D eigenvalue weighted by atomic mass is 32.2. The fraction of sp³-hybridized carbons (Fsp3) is 0.294. The highest BCUT2D eigenvalue weighted by Gasteiger charge is 2.76. The van der Waals surface area contributed by atoms with Gasteiger partial charge in [-0.25, -0.2) is 18.0 Å². The van der Waals surface area contributed by atoms with Gasteiger partial charge in [-0.3, -0.25) is 0 Å². The average Bonchev–Trinajstić information content (AvgIpc) is 2.45. The van der Waals surface area contributed by atoms with E-state index >= 15 is 0 Å². The Morgan fingerprint density at radius 2 is 0.957 bits per heavy atom. The van der Waals surface area contributed by atoms with Gasteiger partial charge in [0.05, 0.1) is 29.0 Å². The number of hydrogen-bond donors (Lipinski definition) is 2. The molecular weight excluding hydrogens is 328 g/mol. The van der Waals surface area contributed by atoms with Crippen molar-refractivity contribution in [2.45, 2.75) is 38.5 Å². The van der Waals surface area contributed by atoms with Gasteiger partial charge >= 0.3 is 0 Å². The quantitative estimate of drug-likeness (QED) is 0.881. The smallest absolute Gasteiger partial charge is 0.0785 e. The van der Waals surface area contributed by atoms with Gasteiger partial charge in [-0.15, -0.1) is 0 Å². The molecule has 0 spiro atoms. The molecule has 2 N–H and O–H groups in total. The predicted octanol–water partition coefficient (Wildman–Crippen LogP) is 3.87. The summed E-state index contributed by atoms with van der Waals surface area (Å²) in [5, 5.41) is 0. The maximum atomic E-state index is 13.0. The van der Waals surface area contributed by atoms with E-state index in [-0.39, 0.29) is 0 Å². The van der Waals surface area contributed by atoms with E-state index in [1.165, 1.54) is 0 Å². The molecule has 3 aliphatic carbocycles. The van der Waals surface area contributed by atoms with E-state index in [0.29, 0.717) is 29.1 Å². The van der Waals surface area contributed by atoms with Crippen LogP contribution in [0.15, 0.2) is 70.5 Å². The molecule has 4 nitrogen and oxygen atoms in total. The van der Waals surface area contributed by atoms with E-state index in [0.717, 1.165) is 0 Å². The minimum atomic E-state index is -2.93. The summed E-state index contributed by atoms with van der Waals surface area (Å²) in [6.07, 6.45) is 1.36. The van der Waals surface area contributed by atoms with Crippen LogP contribution in [0.2, 0.25) is 0 Å². The first-order chi connectivity index (χ1) is 10.8. The second-order valence-corrected chi connectivity index (χ2v) is 11.5. The minimum absolute atomic E-state index is 0.453. The number of hydrogen-bond acceptors (Lipinski definition) is 4. The Morgan fingerprint density at radius 1 is 0.652 bits per heavy atom. The van der Waals surface area contributed by atoms with Gasteiger partial charge in [-0.2, -0.15) is 0 Å². The Bertz CT molecular complexity index is 866. The largest absolute Gasteiger partial charge is 0.248 e. The maximum absolute atomic E-state index is 13.0. The summed E-state index contributed by atoms with van der Waals surface area (Å²) in [7, 11) is -5.85. The summed E-state index contributed by atoms with van der Waals surface area (Å²) >= 11 is 0. The number of nitrogens with one attached hydrogen (secondary N) is 2. The zero-order valence-corrected chi connectivity index (χ0v) is 14.2. The molecule has 0 radical (unpaired) electrons. The Kier molecular flexibility index (Phi) is 2.88. The second-order valence-electron chi connectivity index (χ2n) is 6.63. The van der Waals surface area contributed by atoms with Crippen LogP contribution in [0.25, 0.3) is 0 Å². The molecule has 0 saturated heterocycles. The monoisotopic (exact) mass is 346 g/mol. The molecule has 3 aliphatic rings. The zero-order chi connectivity index (χ0) is 16.3. The van der Waals surface area contributed by atoms with Crippen molar-refractivity contribution in [3.8, 4) is 0 Å². The summed E-state index contributed by atoms with van der Waals surface area (Å²) in [6, 6.07) is 17.8. The zero-order valence-electron chi connectivity index (χ0n) is 12.5. The lowest BCUT2D eigenvalue weighted by Gasteiger charge is -2.70. The third kappa shape index (κ3) is 1.76. The topological polar surface area (TPSA) is 81.8 Å². The van der Waals surface area contributed by atoms with Crippen LogP contribution in [0, 0.1) is 9.56 Å². The van der Waals surface area contributed by atoms with E-state index in [9.17, 15) is 8.42 Å². The first kappa shape index (κ1) is 14.9. The summed E-state index contributed by atoms with van der Waals surface area (Å²) in [5.74, 6) is 0. The summed E-state index contributed by atoms with van der Waals surface area (Å²) in [5.41, 5.74) is 0. The number of rotatable bonds is 4. The lowest BCUT2D eigenvalue weighted by Crippen LogP contribution is -2.77. The summed E-state index contributed by atoms with van der Waals surface area (Å²) < 4.78 is 41.8. The van der Waals surface area contributed by atoms with Gasteiger partial charge in [0.1, 0.15) is 0 Å². The van der Waals surface area contributed by atoms with Gasteiger partial charge in [0, 0.05) is 9.79 Å². The van der Waals surface area contributed by atoms with Gasteiger partial charge < -0.3 is 0 Å². The molecule has 3 saturated carbocycles. The molecule has 2 aromatic carbocycles. The third-order valence-corrected chi connectivity index (χ3v) is 10.5. The average molecular weight is 346 g/mol. The fourth-order valence-electron chi connectivity index (χ4n) is 3.94. The second kappa shape index (κ2) is 4.45. The lowest BCUT2D eigenvalue weighted by molar-refractivity contribution is 0.0828. The fourth-order valence-corrected chi connectivity index (χ4v) is 9.17. The van der Waals surface area contributed by atoms with Gasteiger partial charge in [0.2, 0.25) is 0 Å². The highest BCUT2D eigenvalue weighted by Crippen LogP contribution is 2.70. The van der Waals surface area contributed by atoms with E-state index in [1.807, 2.05) is 12.1 Å². The molecule has 23 heavy (non-hydrogen) atoms. The Morgan fingerprint density at radius 3 is 1.26 bits per heavy atom. The van der Waals surface area contributed by atoms with Crippen molar-refractivity contribution in [3.05, 3.63) is 60.7 Å². The van der Waals surface area contributed by atoms with Crippen molar-refractivity contribution in [2.75, 3.05) is 0 Å². The molecule has 2 unspecified atom stereocenters. The van der Waals surface area contributed by atoms with Crippen molar-refractivity contribution < 1.29 is 8.42 Å². The van der Waals surface area contributed by atoms with Crippen molar-refractivity contribution in [1.29, 1.82) is 9.56 Å². The highest BCUT2D eigenvalue weighted by molar-refractivity contribution is 7.96. The molecule has 0 aromatic heterocycles. The van der Waals surface area contributed by atoms with Crippen LogP contribution in [-0.2, 0) is 19.5 Å². The molecule has 2 aromatic rings. The van der Waals surface area contributed by atoms with Crippen molar-refractivity contribution in [2.24, 2.45) is 0 Å². The van der Waals surface area contributed by atoms with Crippen LogP contribution < -0.4 is 0 Å². The summed E-state index contributed by atoms with van der Waals surface area (Å²) in [4.78, 5) is 1.09. The molecule has 2 bridgehead atoms. The molecule has 0 amide bonds. The van der Waals surface area contributed by atoms with Crippen molar-refractivity contribution in [3.63, 3.8) is 0 Å². The maximum Gasteiger partial charge on any atom is 0.0785 e. The molecule has 5 rings (SSSR count). The Balaban J connectivity index is 1.65.